The summed E-state index contributed by atoms with van der Waals surface area (Å²) < 4.78 is 21.6. The van der Waals surface area contributed by atoms with Crippen LogP contribution < -0.4 is 19.5 Å². The summed E-state index contributed by atoms with van der Waals surface area (Å²) in [5.41, 5.74) is 0.980. The van der Waals surface area contributed by atoms with Gasteiger partial charge in [0, 0.05) is 25.7 Å². The van der Waals surface area contributed by atoms with Crippen molar-refractivity contribution in [2.24, 2.45) is 5.92 Å². The van der Waals surface area contributed by atoms with Gasteiger partial charge in [-0.2, -0.15) is 0 Å². The second-order valence-electron chi connectivity index (χ2n) is 8.68. The molecular formula is C23H35N3O5S. The van der Waals surface area contributed by atoms with E-state index in [9.17, 15) is 4.79 Å². The molecule has 0 radical (unpaired) electrons. The number of cyclic esters (lactones) is 1. The van der Waals surface area contributed by atoms with Gasteiger partial charge in [-0.15, -0.1) is 0 Å². The van der Waals surface area contributed by atoms with E-state index < -0.39 is 0 Å². The lowest BCUT2D eigenvalue weighted by molar-refractivity contribution is 0.119. The van der Waals surface area contributed by atoms with Crippen molar-refractivity contribution < 1.29 is 23.7 Å². The Morgan fingerprint density at radius 3 is 2.31 bits per heavy atom. The van der Waals surface area contributed by atoms with Crippen molar-refractivity contribution in [1.29, 1.82) is 0 Å². The molecule has 0 spiro atoms. The number of hydrogen-bond acceptors (Lipinski definition) is 6. The molecule has 9 heteroatoms. The summed E-state index contributed by atoms with van der Waals surface area (Å²) in [6.45, 7) is 7.04. The second-order valence-corrected chi connectivity index (χ2v) is 9.06. The zero-order valence-corrected chi connectivity index (χ0v) is 20.5. The number of hydrogen-bond donors (Lipinski definition) is 1. The molecule has 8 nitrogen and oxygen atoms in total. The summed E-state index contributed by atoms with van der Waals surface area (Å²) >= 11 is 5.64. The van der Waals surface area contributed by atoms with Crippen molar-refractivity contribution in [2.75, 3.05) is 41.0 Å². The summed E-state index contributed by atoms with van der Waals surface area (Å²) in [7, 11) is 4.79. The molecule has 1 aromatic carbocycles. The summed E-state index contributed by atoms with van der Waals surface area (Å²) in [4.78, 5) is 16.5. The monoisotopic (exact) mass is 465 g/mol. The van der Waals surface area contributed by atoms with E-state index in [1.54, 1.807) is 21.3 Å². The van der Waals surface area contributed by atoms with E-state index in [-0.39, 0.29) is 18.2 Å². The number of thiocarbonyl (C=S) groups is 1. The number of ether oxygens (including phenoxy) is 4. The van der Waals surface area contributed by atoms with Gasteiger partial charge in [0.15, 0.2) is 16.6 Å². The van der Waals surface area contributed by atoms with Crippen molar-refractivity contribution >= 4 is 23.4 Å². The van der Waals surface area contributed by atoms with Gasteiger partial charge in [0.2, 0.25) is 5.75 Å². The number of carbonyl (C=O) groups excluding carboxylic acids is 1. The topological polar surface area (TPSA) is 72.5 Å². The molecule has 3 rings (SSSR count). The van der Waals surface area contributed by atoms with E-state index in [0.717, 1.165) is 37.9 Å². The van der Waals surface area contributed by atoms with Gasteiger partial charge in [-0.1, -0.05) is 13.8 Å². The quantitative estimate of drug-likeness (QED) is 0.586. The Hall–Kier alpha value is -2.42. The van der Waals surface area contributed by atoms with Gasteiger partial charge in [0.25, 0.3) is 0 Å². The van der Waals surface area contributed by atoms with Crippen LogP contribution in [0.15, 0.2) is 12.1 Å². The Morgan fingerprint density at radius 2 is 1.78 bits per heavy atom. The summed E-state index contributed by atoms with van der Waals surface area (Å²) in [5.74, 6) is 2.33. The first kappa shape index (κ1) is 24.2. The average Bonchev–Trinajstić information content (AvgIpc) is 3.15. The lowest BCUT2D eigenvalue weighted by Gasteiger charge is -2.39. The lowest BCUT2D eigenvalue weighted by Crippen LogP contribution is -2.51. The van der Waals surface area contributed by atoms with Crippen LogP contribution in [-0.2, 0) is 11.3 Å². The highest BCUT2D eigenvalue weighted by Crippen LogP contribution is 2.38. The molecule has 2 fully saturated rings. The number of amides is 1. The molecular weight excluding hydrogens is 430 g/mol. The van der Waals surface area contributed by atoms with Gasteiger partial charge in [-0.05, 0) is 55.1 Å². The normalized spacial score (nSPS) is 19.2. The highest BCUT2D eigenvalue weighted by Gasteiger charge is 2.39. The number of methoxy groups -OCH3 is 3. The molecule has 1 N–H and O–H groups in total. The fraction of sp³-hybridized carbons (Fsp3) is 0.652. The van der Waals surface area contributed by atoms with Crippen LogP contribution in [0.1, 0.15) is 38.7 Å². The molecule has 2 heterocycles. The lowest BCUT2D eigenvalue weighted by atomic mass is 9.98. The van der Waals surface area contributed by atoms with Crippen LogP contribution in [0.5, 0.6) is 17.2 Å². The van der Waals surface area contributed by atoms with Gasteiger partial charge in [0.05, 0.1) is 27.4 Å². The van der Waals surface area contributed by atoms with Gasteiger partial charge < -0.3 is 29.2 Å². The Labute approximate surface area is 196 Å². The third kappa shape index (κ3) is 5.49. The molecule has 1 aromatic rings. The third-order valence-corrected chi connectivity index (χ3v) is 6.46. The third-order valence-electron chi connectivity index (χ3n) is 6.06. The Kier molecular flexibility index (Phi) is 8.28. The molecule has 2 aliphatic rings. The molecule has 0 aromatic heterocycles. The molecule has 32 heavy (non-hydrogen) atoms. The zero-order valence-electron chi connectivity index (χ0n) is 19.7. The molecule has 0 bridgehead atoms. The minimum atomic E-state index is -0.169. The van der Waals surface area contributed by atoms with E-state index in [4.69, 9.17) is 31.2 Å². The van der Waals surface area contributed by atoms with Gasteiger partial charge in [-0.3, -0.25) is 4.90 Å². The number of carbonyl (C=O) groups is 1. The molecule has 2 aliphatic heterocycles. The second kappa shape index (κ2) is 10.9. The van der Waals surface area contributed by atoms with Crippen LogP contribution >= 0.6 is 12.2 Å². The first-order valence-electron chi connectivity index (χ1n) is 11.1. The fourth-order valence-corrected chi connectivity index (χ4v) is 4.77. The number of likely N-dealkylation sites (tertiary alicyclic amines) is 1. The van der Waals surface area contributed by atoms with Crippen molar-refractivity contribution in [2.45, 2.75) is 51.7 Å². The van der Waals surface area contributed by atoms with Crippen LogP contribution in [0.25, 0.3) is 0 Å². The smallest absolute Gasteiger partial charge is 0.410 e. The number of nitrogens with zero attached hydrogens (tertiary/aromatic N) is 2. The van der Waals surface area contributed by atoms with Gasteiger partial charge in [-0.25, -0.2) is 4.79 Å². The highest BCUT2D eigenvalue weighted by atomic mass is 32.1. The standard InChI is InChI=1S/C23H35N3O5S/c1-15(2)10-18-14-31-23(27)26(18)17-6-8-25(9-7-17)22(32)24-13-16-11-19(28-3)21(30-5)20(12-16)29-4/h11-12,15,17-18H,6-10,13-14H2,1-5H3,(H,24,32). The molecule has 0 saturated carbocycles. The van der Waals surface area contributed by atoms with Crippen molar-refractivity contribution in [3.8, 4) is 17.2 Å². The minimum absolute atomic E-state index is 0.169. The number of benzene rings is 1. The van der Waals surface area contributed by atoms with Crippen LogP contribution in [0.3, 0.4) is 0 Å². The SMILES string of the molecule is COc1cc(CNC(=S)N2CCC(N3C(=O)OCC3CC(C)C)CC2)cc(OC)c1OC. The molecule has 1 atom stereocenters. The van der Waals surface area contributed by atoms with Crippen molar-refractivity contribution in [1.82, 2.24) is 15.1 Å². The van der Waals surface area contributed by atoms with E-state index in [1.165, 1.54) is 0 Å². The van der Waals surface area contributed by atoms with Crippen LogP contribution in [0.2, 0.25) is 0 Å². The zero-order chi connectivity index (χ0) is 23.3. The van der Waals surface area contributed by atoms with E-state index in [2.05, 4.69) is 24.1 Å². The van der Waals surface area contributed by atoms with Crippen LogP contribution in [0.4, 0.5) is 4.79 Å². The summed E-state index contributed by atoms with van der Waals surface area (Å²) in [5, 5.41) is 4.05. The van der Waals surface area contributed by atoms with Crippen LogP contribution in [0, 0.1) is 5.92 Å². The summed E-state index contributed by atoms with van der Waals surface area (Å²) in [6.07, 6.45) is 2.57. The number of rotatable bonds is 8. The Balaban J connectivity index is 1.54. The van der Waals surface area contributed by atoms with E-state index in [1.807, 2.05) is 17.0 Å². The largest absolute Gasteiger partial charge is 0.493 e. The van der Waals surface area contributed by atoms with Crippen molar-refractivity contribution in [3.63, 3.8) is 0 Å². The average molecular weight is 466 g/mol. The predicted molar refractivity (Wildman–Crippen MR) is 127 cm³/mol. The Bertz CT molecular complexity index is 786. The minimum Gasteiger partial charge on any atom is -0.493 e. The first-order chi connectivity index (χ1) is 15.4. The fourth-order valence-electron chi connectivity index (χ4n) is 4.52. The number of nitrogens with one attached hydrogen (secondary N) is 1. The molecule has 0 aliphatic carbocycles. The first-order valence-corrected chi connectivity index (χ1v) is 11.6. The van der Waals surface area contributed by atoms with Gasteiger partial charge in [0.1, 0.15) is 6.61 Å². The number of piperidine rings is 1. The molecule has 2 saturated heterocycles. The Morgan fingerprint density at radius 1 is 1.16 bits per heavy atom. The van der Waals surface area contributed by atoms with E-state index in [0.29, 0.717) is 41.4 Å². The highest BCUT2D eigenvalue weighted by molar-refractivity contribution is 7.80. The van der Waals surface area contributed by atoms with Gasteiger partial charge >= 0.3 is 6.09 Å². The summed E-state index contributed by atoms with van der Waals surface area (Å²) in [6, 6.07) is 4.22. The maximum Gasteiger partial charge on any atom is 0.410 e. The molecule has 1 amide bonds. The van der Waals surface area contributed by atoms with Crippen molar-refractivity contribution in [3.05, 3.63) is 17.7 Å². The maximum atomic E-state index is 12.3. The molecule has 1 unspecified atom stereocenters. The predicted octanol–water partition coefficient (Wildman–Crippen LogP) is 3.42. The van der Waals surface area contributed by atoms with E-state index >= 15 is 0 Å². The maximum absolute atomic E-state index is 12.3. The van der Waals surface area contributed by atoms with Crippen LogP contribution in [-0.4, -0.2) is 74.1 Å². The molecule has 178 valence electrons.